The van der Waals surface area contributed by atoms with Crippen molar-refractivity contribution in [3.8, 4) is 11.5 Å². The van der Waals surface area contributed by atoms with Gasteiger partial charge in [-0.3, -0.25) is 4.90 Å². The number of hydrogen-bond donors (Lipinski definition) is 1. The molecule has 20 heavy (non-hydrogen) atoms. The Bertz CT molecular complexity index is 419. The average molecular weight is 277 g/mol. The van der Waals surface area contributed by atoms with Crippen LogP contribution in [0.4, 0.5) is 0 Å². The lowest BCUT2D eigenvalue weighted by Crippen LogP contribution is -2.38. The Kier molecular flexibility index (Phi) is 5.72. The molecule has 0 aromatic heterocycles. The van der Waals surface area contributed by atoms with E-state index in [0.29, 0.717) is 18.4 Å². The molecule has 112 valence electrons. The minimum atomic E-state index is 0.360. The van der Waals surface area contributed by atoms with Gasteiger partial charge in [-0.15, -0.1) is 0 Å². The number of ether oxygens (including phenoxy) is 1. The van der Waals surface area contributed by atoms with Gasteiger partial charge in [-0.05, 0) is 38.3 Å². The van der Waals surface area contributed by atoms with Gasteiger partial charge in [-0.2, -0.15) is 0 Å². The zero-order valence-corrected chi connectivity index (χ0v) is 12.8. The van der Waals surface area contributed by atoms with E-state index in [1.54, 1.807) is 6.07 Å². The van der Waals surface area contributed by atoms with Gasteiger partial charge in [0.2, 0.25) is 0 Å². The Hall–Kier alpha value is -1.22. The molecule has 1 fully saturated rings. The molecule has 0 amide bonds. The maximum absolute atomic E-state index is 10.2. The smallest absolute Gasteiger partial charge is 0.123 e. The van der Waals surface area contributed by atoms with Crippen LogP contribution in [0.2, 0.25) is 0 Å². The van der Waals surface area contributed by atoms with Crippen LogP contribution in [0.3, 0.4) is 0 Å². The summed E-state index contributed by atoms with van der Waals surface area (Å²) in [5, 5.41) is 10.2. The summed E-state index contributed by atoms with van der Waals surface area (Å²) < 4.78 is 5.55. The number of phenolic OH excluding ortho intramolecular Hbond substituents is 1. The van der Waals surface area contributed by atoms with Crippen molar-refractivity contribution in [3.63, 3.8) is 0 Å². The van der Waals surface area contributed by atoms with Crippen molar-refractivity contribution >= 4 is 0 Å². The van der Waals surface area contributed by atoms with E-state index in [1.807, 2.05) is 12.1 Å². The molecule has 0 bridgehead atoms. The van der Waals surface area contributed by atoms with Crippen LogP contribution >= 0.6 is 0 Å². The summed E-state index contributed by atoms with van der Waals surface area (Å²) in [5.41, 5.74) is 1.01. The second-order valence-electron chi connectivity index (χ2n) is 5.67. The zero-order chi connectivity index (χ0) is 14.4. The SMILES string of the molecule is CCCOc1ccc(CN2CCCCC2CC)c(O)c1. The summed E-state index contributed by atoms with van der Waals surface area (Å²) in [5.74, 6) is 1.12. The molecule has 0 saturated carbocycles. The Morgan fingerprint density at radius 1 is 1.30 bits per heavy atom. The Morgan fingerprint density at radius 3 is 2.85 bits per heavy atom. The fourth-order valence-electron chi connectivity index (χ4n) is 2.94. The maximum Gasteiger partial charge on any atom is 0.123 e. The molecule has 0 aliphatic carbocycles. The van der Waals surface area contributed by atoms with Crippen LogP contribution in [-0.2, 0) is 6.54 Å². The van der Waals surface area contributed by atoms with Gasteiger partial charge in [0, 0.05) is 24.2 Å². The van der Waals surface area contributed by atoms with E-state index >= 15 is 0 Å². The van der Waals surface area contributed by atoms with Crippen molar-refractivity contribution in [1.29, 1.82) is 0 Å². The fraction of sp³-hybridized carbons (Fsp3) is 0.647. The Morgan fingerprint density at radius 2 is 2.15 bits per heavy atom. The van der Waals surface area contributed by atoms with Crippen molar-refractivity contribution in [1.82, 2.24) is 4.90 Å². The molecule has 0 radical (unpaired) electrons. The van der Waals surface area contributed by atoms with Gasteiger partial charge < -0.3 is 9.84 Å². The van der Waals surface area contributed by atoms with E-state index in [4.69, 9.17) is 4.74 Å². The predicted octanol–water partition coefficient (Wildman–Crippen LogP) is 3.95. The number of rotatable bonds is 6. The van der Waals surface area contributed by atoms with Gasteiger partial charge in [-0.25, -0.2) is 0 Å². The van der Waals surface area contributed by atoms with Crippen molar-refractivity contribution in [2.24, 2.45) is 0 Å². The molecule has 1 aromatic rings. The van der Waals surface area contributed by atoms with Crippen LogP contribution in [0.5, 0.6) is 11.5 Å². The molecule has 3 heteroatoms. The normalized spacial score (nSPS) is 20.0. The number of nitrogens with zero attached hydrogens (tertiary/aromatic N) is 1. The highest BCUT2D eigenvalue weighted by Crippen LogP contribution is 2.28. The first kappa shape index (κ1) is 15.2. The third-order valence-corrected chi connectivity index (χ3v) is 4.12. The third-order valence-electron chi connectivity index (χ3n) is 4.12. The van der Waals surface area contributed by atoms with Crippen molar-refractivity contribution in [2.75, 3.05) is 13.2 Å². The lowest BCUT2D eigenvalue weighted by molar-refractivity contribution is 0.135. The Labute approximate surface area is 122 Å². The van der Waals surface area contributed by atoms with Crippen LogP contribution < -0.4 is 4.74 Å². The molecule has 1 saturated heterocycles. The quantitative estimate of drug-likeness (QED) is 0.854. The summed E-state index contributed by atoms with van der Waals surface area (Å²) in [6, 6.07) is 6.38. The van der Waals surface area contributed by atoms with E-state index < -0.39 is 0 Å². The lowest BCUT2D eigenvalue weighted by Gasteiger charge is -2.35. The highest BCUT2D eigenvalue weighted by Gasteiger charge is 2.21. The number of aromatic hydroxyl groups is 1. The first-order valence-corrected chi connectivity index (χ1v) is 7.93. The zero-order valence-electron chi connectivity index (χ0n) is 12.8. The van der Waals surface area contributed by atoms with Gasteiger partial charge in [-0.1, -0.05) is 26.3 Å². The second-order valence-corrected chi connectivity index (χ2v) is 5.67. The minimum absolute atomic E-state index is 0.360. The molecule has 1 aromatic carbocycles. The topological polar surface area (TPSA) is 32.7 Å². The molecule has 1 unspecified atom stereocenters. The van der Waals surface area contributed by atoms with Crippen molar-refractivity contribution in [2.45, 2.75) is 58.5 Å². The maximum atomic E-state index is 10.2. The summed E-state index contributed by atoms with van der Waals surface area (Å²) >= 11 is 0. The highest BCUT2D eigenvalue weighted by molar-refractivity contribution is 5.39. The van der Waals surface area contributed by atoms with Crippen LogP contribution in [0.1, 0.15) is 51.5 Å². The monoisotopic (exact) mass is 277 g/mol. The summed E-state index contributed by atoms with van der Waals surface area (Å²) in [6.07, 6.45) is 6.07. The third kappa shape index (κ3) is 3.89. The van der Waals surface area contributed by atoms with Gasteiger partial charge >= 0.3 is 0 Å². The lowest BCUT2D eigenvalue weighted by atomic mass is 9.99. The van der Waals surface area contributed by atoms with Gasteiger partial charge in [0.1, 0.15) is 11.5 Å². The minimum Gasteiger partial charge on any atom is -0.507 e. The van der Waals surface area contributed by atoms with Crippen molar-refractivity contribution in [3.05, 3.63) is 23.8 Å². The molecule has 1 atom stereocenters. The van der Waals surface area contributed by atoms with E-state index in [0.717, 1.165) is 30.8 Å². The van der Waals surface area contributed by atoms with Crippen LogP contribution in [0.25, 0.3) is 0 Å². The van der Waals surface area contributed by atoms with E-state index in [9.17, 15) is 5.11 Å². The van der Waals surface area contributed by atoms with Crippen molar-refractivity contribution < 1.29 is 9.84 Å². The average Bonchev–Trinajstić information content (AvgIpc) is 2.48. The predicted molar refractivity (Wildman–Crippen MR) is 82.2 cm³/mol. The van der Waals surface area contributed by atoms with Gasteiger partial charge in [0.15, 0.2) is 0 Å². The fourth-order valence-corrected chi connectivity index (χ4v) is 2.94. The number of piperidine rings is 1. The van der Waals surface area contributed by atoms with E-state index in [-0.39, 0.29) is 0 Å². The molecule has 2 rings (SSSR count). The molecule has 1 aliphatic rings. The summed E-state index contributed by atoms with van der Waals surface area (Å²) in [4.78, 5) is 2.51. The largest absolute Gasteiger partial charge is 0.507 e. The van der Waals surface area contributed by atoms with Crippen LogP contribution in [0.15, 0.2) is 18.2 Å². The van der Waals surface area contributed by atoms with E-state index in [1.165, 1.54) is 25.7 Å². The Balaban J connectivity index is 2.01. The highest BCUT2D eigenvalue weighted by atomic mass is 16.5. The number of hydrogen-bond acceptors (Lipinski definition) is 3. The second kappa shape index (κ2) is 7.53. The first-order chi connectivity index (χ1) is 9.74. The van der Waals surface area contributed by atoms with Crippen LogP contribution in [-0.4, -0.2) is 29.2 Å². The molecule has 1 heterocycles. The number of likely N-dealkylation sites (tertiary alicyclic amines) is 1. The molecular weight excluding hydrogens is 250 g/mol. The molecule has 3 nitrogen and oxygen atoms in total. The summed E-state index contributed by atoms with van der Waals surface area (Å²) in [6.45, 7) is 7.02. The van der Waals surface area contributed by atoms with Gasteiger partial charge in [0.05, 0.1) is 6.61 Å². The first-order valence-electron chi connectivity index (χ1n) is 7.93. The number of benzene rings is 1. The standard InChI is InChI=1S/C17H27NO2/c1-3-11-20-16-9-8-14(17(19)12-16)13-18-10-6-5-7-15(18)4-2/h8-9,12,15,19H,3-7,10-11,13H2,1-2H3. The molecule has 1 N–H and O–H groups in total. The van der Waals surface area contributed by atoms with Crippen LogP contribution in [0, 0.1) is 0 Å². The molecule has 0 spiro atoms. The van der Waals surface area contributed by atoms with E-state index in [2.05, 4.69) is 18.7 Å². The van der Waals surface area contributed by atoms with Gasteiger partial charge in [0.25, 0.3) is 0 Å². The molecular formula is C17H27NO2. The summed E-state index contributed by atoms with van der Waals surface area (Å²) in [7, 11) is 0. The molecule has 1 aliphatic heterocycles. The number of phenols is 1.